The summed E-state index contributed by atoms with van der Waals surface area (Å²) < 4.78 is 3.31. The molecule has 0 atom stereocenters. The zero-order chi connectivity index (χ0) is 11.5. The number of hydrogen-bond donors (Lipinski definition) is 0. The third-order valence-corrected chi connectivity index (χ3v) is 5.48. The molecule has 4 heteroatoms. The van der Waals surface area contributed by atoms with Gasteiger partial charge >= 0.3 is 0 Å². The van der Waals surface area contributed by atoms with Gasteiger partial charge in [0.25, 0.3) is 0 Å². The molecule has 0 spiro atoms. The molecule has 0 aromatic heterocycles. The van der Waals surface area contributed by atoms with Crippen LogP contribution in [0.4, 0.5) is 0 Å². The van der Waals surface area contributed by atoms with E-state index in [1.165, 1.54) is 9.79 Å². The van der Waals surface area contributed by atoms with E-state index in [0.29, 0.717) is 0 Å². The zero-order valence-electron chi connectivity index (χ0n) is 8.08. The van der Waals surface area contributed by atoms with Crippen LogP contribution in [0.25, 0.3) is 0 Å². The molecule has 0 aliphatic heterocycles. The van der Waals surface area contributed by atoms with Crippen molar-refractivity contribution in [3.8, 4) is 0 Å². The SMILES string of the molecule is Brc1ccc(Br)c(Sc2ccccc2Br)c1. The van der Waals surface area contributed by atoms with Crippen molar-refractivity contribution < 1.29 is 0 Å². The molecule has 2 aromatic carbocycles. The molecule has 0 aliphatic carbocycles. The van der Waals surface area contributed by atoms with Crippen LogP contribution >= 0.6 is 59.6 Å². The molecule has 0 heterocycles. The second-order valence-electron chi connectivity index (χ2n) is 3.11. The average Bonchev–Trinajstić information content (AvgIpc) is 2.27. The highest BCUT2D eigenvalue weighted by Crippen LogP contribution is 2.38. The summed E-state index contributed by atoms with van der Waals surface area (Å²) in [5.74, 6) is 0. The van der Waals surface area contributed by atoms with Gasteiger partial charge in [0.15, 0.2) is 0 Å². The summed E-state index contributed by atoms with van der Waals surface area (Å²) in [6.07, 6.45) is 0. The largest absolute Gasteiger partial charge is 0.0877 e. The molecule has 0 aliphatic rings. The molecule has 16 heavy (non-hydrogen) atoms. The van der Waals surface area contributed by atoms with Gasteiger partial charge < -0.3 is 0 Å². The number of rotatable bonds is 2. The minimum Gasteiger partial charge on any atom is -0.0877 e. The van der Waals surface area contributed by atoms with Crippen LogP contribution < -0.4 is 0 Å². The molecule has 0 bridgehead atoms. The zero-order valence-corrected chi connectivity index (χ0v) is 13.7. The Morgan fingerprint density at radius 1 is 0.750 bits per heavy atom. The lowest BCUT2D eigenvalue weighted by molar-refractivity contribution is 1.34. The molecule has 0 fully saturated rings. The van der Waals surface area contributed by atoms with Gasteiger partial charge in [-0.05, 0) is 62.2 Å². The summed E-state index contributed by atoms with van der Waals surface area (Å²) in [6.45, 7) is 0. The lowest BCUT2D eigenvalue weighted by Gasteiger charge is -2.06. The highest BCUT2D eigenvalue weighted by Gasteiger charge is 2.05. The van der Waals surface area contributed by atoms with Crippen LogP contribution in [0.2, 0.25) is 0 Å². The van der Waals surface area contributed by atoms with Crippen LogP contribution in [0.1, 0.15) is 0 Å². The Hall–Kier alpha value is 0.230. The Morgan fingerprint density at radius 2 is 1.44 bits per heavy atom. The van der Waals surface area contributed by atoms with Gasteiger partial charge in [-0.3, -0.25) is 0 Å². The predicted octanol–water partition coefficient (Wildman–Crippen LogP) is 6.13. The molecular formula is C12H7Br3S. The molecule has 0 N–H and O–H groups in total. The van der Waals surface area contributed by atoms with E-state index in [-0.39, 0.29) is 0 Å². The van der Waals surface area contributed by atoms with E-state index >= 15 is 0 Å². The smallest absolute Gasteiger partial charge is 0.0315 e. The van der Waals surface area contributed by atoms with Crippen molar-refractivity contribution in [1.82, 2.24) is 0 Å². The highest BCUT2D eigenvalue weighted by molar-refractivity contribution is 9.11. The lowest BCUT2D eigenvalue weighted by atomic mass is 10.4. The van der Waals surface area contributed by atoms with Gasteiger partial charge in [0.05, 0.1) is 0 Å². The van der Waals surface area contributed by atoms with Gasteiger partial charge in [0.2, 0.25) is 0 Å². The van der Waals surface area contributed by atoms with Gasteiger partial charge in [-0.1, -0.05) is 39.8 Å². The minimum absolute atomic E-state index is 1.09. The van der Waals surface area contributed by atoms with Crippen molar-refractivity contribution in [2.75, 3.05) is 0 Å². The van der Waals surface area contributed by atoms with Crippen LogP contribution in [0.3, 0.4) is 0 Å². The van der Waals surface area contributed by atoms with Crippen molar-refractivity contribution >= 4 is 59.6 Å². The first-order chi connectivity index (χ1) is 7.66. The quantitative estimate of drug-likeness (QED) is 0.561. The normalized spacial score (nSPS) is 10.4. The first kappa shape index (κ1) is 12.7. The molecule has 0 saturated carbocycles. The van der Waals surface area contributed by atoms with Gasteiger partial charge in [0.1, 0.15) is 0 Å². The number of halogens is 3. The number of hydrogen-bond acceptors (Lipinski definition) is 1. The predicted molar refractivity (Wildman–Crippen MR) is 80.1 cm³/mol. The topological polar surface area (TPSA) is 0 Å². The summed E-state index contributed by atoms with van der Waals surface area (Å²) in [7, 11) is 0. The van der Waals surface area contributed by atoms with Crippen molar-refractivity contribution in [3.05, 3.63) is 55.9 Å². The van der Waals surface area contributed by atoms with Gasteiger partial charge in [0, 0.05) is 23.2 Å². The van der Waals surface area contributed by atoms with E-state index < -0.39 is 0 Å². The van der Waals surface area contributed by atoms with E-state index in [9.17, 15) is 0 Å². The van der Waals surface area contributed by atoms with Gasteiger partial charge in [-0.25, -0.2) is 0 Å². The van der Waals surface area contributed by atoms with Crippen molar-refractivity contribution in [2.45, 2.75) is 9.79 Å². The first-order valence-corrected chi connectivity index (χ1v) is 7.74. The summed E-state index contributed by atoms with van der Waals surface area (Å²) >= 11 is 12.3. The fourth-order valence-corrected chi connectivity index (χ4v) is 3.63. The van der Waals surface area contributed by atoms with Gasteiger partial charge in [-0.15, -0.1) is 0 Å². The van der Waals surface area contributed by atoms with Crippen molar-refractivity contribution in [1.29, 1.82) is 0 Å². The van der Waals surface area contributed by atoms with Crippen LogP contribution in [-0.4, -0.2) is 0 Å². The Balaban J connectivity index is 2.34. The molecule has 0 radical (unpaired) electrons. The minimum atomic E-state index is 1.09. The Bertz CT molecular complexity index is 511. The molecule has 0 nitrogen and oxygen atoms in total. The van der Waals surface area contributed by atoms with Gasteiger partial charge in [-0.2, -0.15) is 0 Å². The second-order valence-corrected chi connectivity index (χ2v) is 6.82. The van der Waals surface area contributed by atoms with E-state index in [1.54, 1.807) is 11.8 Å². The molecule has 2 rings (SSSR count). The maximum absolute atomic E-state index is 3.56. The maximum atomic E-state index is 3.56. The third-order valence-electron chi connectivity index (χ3n) is 1.95. The Kier molecular flexibility index (Phi) is 4.53. The first-order valence-electron chi connectivity index (χ1n) is 4.54. The van der Waals surface area contributed by atoms with Crippen LogP contribution in [0.5, 0.6) is 0 Å². The maximum Gasteiger partial charge on any atom is 0.0315 e. The lowest BCUT2D eigenvalue weighted by Crippen LogP contribution is -1.78. The van der Waals surface area contributed by atoms with E-state index in [0.717, 1.165) is 13.4 Å². The number of benzene rings is 2. The molecular weight excluding hydrogens is 416 g/mol. The van der Waals surface area contributed by atoms with Crippen LogP contribution in [0, 0.1) is 0 Å². The molecule has 2 aromatic rings. The summed E-state index contributed by atoms with van der Waals surface area (Å²) in [5, 5.41) is 0. The van der Waals surface area contributed by atoms with E-state index in [4.69, 9.17) is 0 Å². The van der Waals surface area contributed by atoms with Crippen LogP contribution in [0.15, 0.2) is 65.7 Å². The standard InChI is InChI=1S/C12H7Br3S/c13-8-5-6-10(15)12(7-8)16-11-4-2-1-3-9(11)14/h1-7H. The van der Waals surface area contributed by atoms with Crippen molar-refractivity contribution in [3.63, 3.8) is 0 Å². The third kappa shape index (κ3) is 3.13. The Morgan fingerprint density at radius 3 is 2.19 bits per heavy atom. The van der Waals surface area contributed by atoms with Crippen LogP contribution in [-0.2, 0) is 0 Å². The summed E-state index contributed by atoms with van der Waals surface area (Å²) in [6, 6.07) is 14.4. The molecule has 0 unspecified atom stereocenters. The fourth-order valence-electron chi connectivity index (χ4n) is 1.20. The van der Waals surface area contributed by atoms with E-state index in [1.807, 2.05) is 30.3 Å². The monoisotopic (exact) mass is 420 g/mol. The average molecular weight is 423 g/mol. The summed E-state index contributed by atoms with van der Waals surface area (Å²) in [4.78, 5) is 2.41. The molecule has 82 valence electrons. The fraction of sp³-hybridized carbons (Fsp3) is 0. The van der Waals surface area contributed by atoms with Crippen molar-refractivity contribution in [2.24, 2.45) is 0 Å². The Labute approximate surface area is 124 Å². The molecule has 0 amide bonds. The molecule has 0 saturated heterocycles. The summed E-state index contributed by atoms with van der Waals surface area (Å²) in [5.41, 5.74) is 0. The van der Waals surface area contributed by atoms with E-state index in [2.05, 4.69) is 59.9 Å². The second kappa shape index (κ2) is 5.71. The highest BCUT2D eigenvalue weighted by atomic mass is 79.9.